The summed E-state index contributed by atoms with van der Waals surface area (Å²) in [6, 6.07) is 4.23. The summed E-state index contributed by atoms with van der Waals surface area (Å²) in [5.41, 5.74) is 0.885. The highest BCUT2D eigenvalue weighted by atomic mass is 19.4. The molecule has 6 heteroatoms. The standard InChI is InChI=1S/C11H12F3N3/c1-7-3-4-9(6-15)10(16-7)17-8(2)5-11(12,13)14/h3-4,8H,5H2,1-2H3,(H,16,17). The smallest absolute Gasteiger partial charge is 0.366 e. The van der Waals surface area contributed by atoms with Gasteiger partial charge in [0.2, 0.25) is 0 Å². The normalized spacial score (nSPS) is 12.9. The molecule has 0 fully saturated rings. The first-order valence-corrected chi connectivity index (χ1v) is 5.03. The van der Waals surface area contributed by atoms with Crippen molar-refractivity contribution in [3.05, 3.63) is 23.4 Å². The topological polar surface area (TPSA) is 48.7 Å². The first-order chi connectivity index (χ1) is 7.81. The molecule has 0 saturated carbocycles. The van der Waals surface area contributed by atoms with E-state index in [0.717, 1.165) is 0 Å². The summed E-state index contributed by atoms with van der Waals surface area (Å²) in [6.45, 7) is 3.11. The summed E-state index contributed by atoms with van der Waals surface area (Å²) in [5, 5.41) is 11.4. The lowest BCUT2D eigenvalue weighted by Gasteiger charge is -2.17. The van der Waals surface area contributed by atoms with Crippen LogP contribution in [0.4, 0.5) is 19.0 Å². The number of anilines is 1. The van der Waals surface area contributed by atoms with Crippen molar-refractivity contribution in [2.45, 2.75) is 32.5 Å². The van der Waals surface area contributed by atoms with E-state index in [1.165, 1.54) is 13.0 Å². The molecule has 0 saturated heterocycles. The van der Waals surface area contributed by atoms with Gasteiger partial charge in [0, 0.05) is 11.7 Å². The van der Waals surface area contributed by atoms with Crippen LogP contribution >= 0.6 is 0 Å². The molecule has 0 aliphatic carbocycles. The summed E-state index contributed by atoms with van der Waals surface area (Å²) >= 11 is 0. The molecule has 0 aromatic carbocycles. The summed E-state index contributed by atoms with van der Waals surface area (Å²) in [5.74, 6) is 0.198. The molecule has 1 aromatic rings. The highest BCUT2D eigenvalue weighted by Crippen LogP contribution is 2.23. The zero-order valence-electron chi connectivity index (χ0n) is 9.47. The van der Waals surface area contributed by atoms with Crippen LogP contribution in [0.15, 0.2) is 12.1 Å². The summed E-state index contributed by atoms with van der Waals surface area (Å²) < 4.78 is 36.4. The lowest BCUT2D eigenvalue weighted by molar-refractivity contribution is -0.136. The Kier molecular flexibility index (Phi) is 3.94. The van der Waals surface area contributed by atoms with Crippen molar-refractivity contribution in [2.75, 3.05) is 5.32 Å². The number of hydrogen-bond acceptors (Lipinski definition) is 3. The minimum atomic E-state index is -4.23. The van der Waals surface area contributed by atoms with Crippen molar-refractivity contribution in [1.29, 1.82) is 5.26 Å². The first-order valence-electron chi connectivity index (χ1n) is 5.03. The Morgan fingerprint density at radius 3 is 2.65 bits per heavy atom. The number of rotatable bonds is 3. The Morgan fingerprint density at radius 1 is 1.47 bits per heavy atom. The van der Waals surface area contributed by atoms with Gasteiger partial charge in [0.25, 0.3) is 0 Å². The number of pyridine rings is 1. The fourth-order valence-corrected chi connectivity index (χ4v) is 1.39. The first kappa shape index (κ1) is 13.3. The number of nitrogens with one attached hydrogen (secondary N) is 1. The van der Waals surface area contributed by atoms with E-state index in [2.05, 4.69) is 10.3 Å². The van der Waals surface area contributed by atoms with Gasteiger partial charge < -0.3 is 5.32 Å². The van der Waals surface area contributed by atoms with Crippen molar-refractivity contribution >= 4 is 5.82 Å². The number of hydrogen-bond donors (Lipinski definition) is 1. The third kappa shape index (κ3) is 4.31. The van der Waals surface area contributed by atoms with E-state index < -0.39 is 18.6 Å². The van der Waals surface area contributed by atoms with Gasteiger partial charge in [-0.15, -0.1) is 0 Å². The predicted molar refractivity (Wildman–Crippen MR) is 57.4 cm³/mol. The molecular formula is C11H12F3N3. The van der Waals surface area contributed by atoms with E-state index in [4.69, 9.17) is 5.26 Å². The molecule has 0 aliphatic heterocycles. The molecule has 0 bridgehead atoms. The number of alkyl halides is 3. The maximum atomic E-state index is 12.1. The van der Waals surface area contributed by atoms with E-state index in [9.17, 15) is 13.2 Å². The van der Waals surface area contributed by atoms with Crippen LogP contribution in [-0.4, -0.2) is 17.2 Å². The molecule has 1 rings (SSSR count). The Balaban J connectivity index is 2.81. The second kappa shape index (κ2) is 5.04. The van der Waals surface area contributed by atoms with Gasteiger partial charge >= 0.3 is 6.18 Å². The second-order valence-electron chi connectivity index (χ2n) is 3.83. The van der Waals surface area contributed by atoms with Gasteiger partial charge in [-0.3, -0.25) is 0 Å². The quantitative estimate of drug-likeness (QED) is 0.887. The molecule has 1 unspecified atom stereocenters. The van der Waals surface area contributed by atoms with Crippen LogP contribution in [0.3, 0.4) is 0 Å². The molecule has 0 spiro atoms. The fourth-order valence-electron chi connectivity index (χ4n) is 1.39. The zero-order chi connectivity index (χ0) is 13.1. The highest BCUT2D eigenvalue weighted by Gasteiger charge is 2.30. The van der Waals surface area contributed by atoms with E-state index in [1.54, 1.807) is 13.0 Å². The molecule has 1 N–H and O–H groups in total. The number of nitrogens with zero attached hydrogens (tertiary/aromatic N) is 2. The largest absolute Gasteiger partial charge is 0.391 e. The number of aryl methyl sites for hydroxylation is 1. The van der Waals surface area contributed by atoms with Gasteiger partial charge in [0.05, 0.1) is 12.0 Å². The third-order valence-electron chi connectivity index (χ3n) is 2.08. The van der Waals surface area contributed by atoms with E-state index in [1.807, 2.05) is 6.07 Å². The minimum absolute atomic E-state index is 0.198. The Hall–Kier alpha value is -1.77. The van der Waals surface area contributed by atoms with Crippen LogP contribution in [-0.2, 0) is 0 Å². The highest BCUT2D eigenvalue weighted by molar-refractivity contribution is 5.52. The van der Waals surface area contributed by atoms with Crippen molar-refractivity contribution in [3.63, 3.8) is 0 Å². The predicted octanol–water partition coefficient (Wildman–Crippen LogP) is 3.01. The van der Waals surface area contributed by atoms with Crippen LogP contribution in [0.1, 0.15) is 24.6 Å². The van der Waals surface area contributed by atoms with Gasteiger partial charge in [-0.1, -0.05) is 0 Å². The molecule has 1 heterocycles. The van der Waals surface area contributed by atoms with Crippen LogP contribution in [0.5, 0.6) is 0 Å². The SMILES string of the molecule is Cc1ccc(C#N)c(NC(C)CC(F)(F)F)n1. The minimum Gasteiger partial charge on any atom is -0.366 e. The molecule has 0 aliphatic rings. The Bertz CT molecular complexity index is 435. The van der Waals surface area contributed by atoms with E-state index >= 15 is 0 Å². The Morgan fingerprint density at radius 2 is 2.12 bits per heavy atom. The van der Waals surface area contributed by atoms with Crippen molar-refractivity contribution < 1.29 is 13.2 Å². The summed E-state index contributed by atoms with van der Waals surface area (Å²) in [7, 11) is 0. The molecule has 92 valence electrons. The summed E-state index contributed by atoms with van der Waals surface area (Å²) in [4.78, 5) is 4.01. The summed E-state index contributed by atoms with van der Waals surface area (Å²) in [6.07, 6.45) is -5.20. The van der Waals surface area contributed by atoms with E-state index in [0.29, 0.717) is 5.69 Å². The molecular weight excluding hydrogens is 231 g/mol. The molecule has 3 nitrogen and oxygen atoms in total. The van der Waals surface area contributed by atoms with Crippen LogP contribution in [0, 0.1) is 18.3 Å². The van der Waals surface area contributed by atoms with Gasteiger partial charge in [0.15, 0.2) is 0 Å². The van der Waals surface area contributed by atoms with Gasteiger partial charge in [0.1, 0.15) is 11.9 Å². The fraction of sp³-hybridized carbons (Fsp3) is 0.455. The molecule has 0 amide bonds. The molecule has 1 atom stereocenters. The monoisotopic (exact) mass is 243 g/mol. The molecule has 17 heavy (non-hydrogen) atoms. The maximum Gasteiger partial charge on any atom is 0.391 e. The second-order valence-corrected chi connectivity index (χ2v) is 3.83. The number of halogens is 3. The van der Waals surface area contributed by atoms with E-state index in [-0.39, 0.29) is 11.4 Å². The molecule has 0 radical (unpaired) electrons. The van der Waals surface area contributed by atoms with Crippen molar-refractivity contribution in [3.8, 4) is 6.07 Å². The van der Waals surface area contributed by atoms with Crippen molar-refractivity contribution in [2.24, 2.45) is 0 Å². The average molecular weight is 243 g/mol. The molecule has 1 aromatic heterocycles. The number of nitriles is 1. The average Bonchev–Trinajstić information content (AvgIpc) is 2.14. The van der Waals surface area contributed by atoms with Gasteiger partial charge in [-0.05, 0) is 26.0 Å². The van der Waals surface area contributed by atoms with Crippen LogP contribution < -0.4 is 5.32 Å². The lowest BCUT2D eigenvalue weighted by atomic mass is 10.2. The van der Waals surface area contributed by atoms with Gasteiger partial charge in [-0.25, -0.2) is 4.98 Å². The zero-order valence-corrected chi connectivity index (χ0v) is 9.47. The maximum absolute atomic E-state index is 12.1. The van der Waals surface area contributed by atoms with Crippen molar-refractivity contribution in [1.82, 2.24) is 4.98 Å². The lowest BCUT2D eigenvalue weighted by Crippen LogP contribution is -2.24. The van der Waals surface area contributed by atoms with Crippen LogP contribution in [0.25, 0.3) is 0 Å². The van der Waals surface area contributed by atoms with Crippen LogP contribution in [0.2, 0.25) is 0 Å². The third-order valence-corrected chi connectivity index (χ3v) is 2.08. The number of aromatic nitrogens is 1. The Labute approximate surface area is 97.3 Å². The van der Waals surface area contributed by atoms with Gasteiger partial charge in [-0.2, -0.15) is 18.4 Å².